The Morgan fingerprint density at radius 1 is 1.43 bits per heavy atom. The number of nitrogens with one attached hydrogen (secondary N) is 1. The minimum Gasteiger partial charge on any atom is -0.352 e. The highest BCUT2D eigenvalue weighted by Gasteiger charge is 2.27. The SMILES string of the molecule is C[C@@H]1CCC[C@@H](C)N1C(=S)SCC(=O)c1c[nH]c2ncccc12. The van der Waals surface area contributed by atoms with Gasteiger partial charge in [0, 0.05) is 35.4 Å². The number of piperidine rings is 1. The number of Topliss-reactive ketones (excluding diaryl/α,β-unsaturated/α-hetero) is 1. The number of H-pyrrole nitrogens is 1. The average Bonchev–Trinajstić information content (AvgIpc) is 2.96. The maximum absolute atomic E-state index is 12.5. The van der Waals surface area contributed by atoms with Crippen molar-refractivity contribution in [3.63, 3.8) is 0 Å². The lowest BCUT2D eigenvalue weighted by Gasteiger charge is -2.40. The number of ketones is 1. The van der Waals surface area contributed by atoms with Crippen molar-refractivity contribution in [1.82, 2.24) is 14.9 Å². The van der Waals surface area contributed by atoms with E-state index in [1.54, 1.807) is 12.4 Å². The van der Waals surface area contributed by atoms with Crippen molar-refractivity contribution < 1.29 is 4.79 Å². The predicted molar refractivity (Wildman–Crippen MR) is 100 cm³/mol. The smallest absolute Gasteiger partial charge is 0.175 e. The molecule has 2 aromatic heterocycles. The summed E-state index contributed by atoms with van der Waals surface area (Å²) in [6.07, 6.45) is 7.07. The molecule has 2 aromatic rings. The summed E-state index contributed by atoms with van der Waals surface area (Å²) >= 11 is 7.07. The molecule has 0 aliphatic carbocycles. The van der Waals surface area contributed by atoms with E-state index in [0.29, 0.717) is 23.4 Å². The van der Waals surface area contributed by atoms with E-state index in [1.165, 1.54) is 31.0 Å². The third-order valence-corrected chi connectivity index (χ3v) is 5.91. The molecule has 1 aliphatic heterocycles. The summed E-state index contributed by atoms with van der Waals surface area (Å²) in [5, 5.41) is 0.878. The second-order valence-corrected chi connectivity index (χ2v) is 7.73. The van der Waals surface area contributed by atoms with Crippen molar-refractivity contribution in [2.75, 3.05) is 5.75 Å². The first-order valence-electron chi connectivity index (χ1n) is 7.98. The van der Waals surface area contributed by atoms with Crippen molar-refractivity contribution in [1.29, 1.82) is 0 Å². The van der Waals surface area contributed by atoms with Gasteiger partial charge in [0.1, 0.15) is 9.97 Å². The van der Waals surface area contributed by atoms with Crippen LogP contribution in [0.2, 0.25) is 0 Å². The number of fused-ring (bicyclic) bond motifs is 1. The van der Waals surface area contributed by atoms with Crippen LogP contribution in [0, 0.1) is 0 Å². The number of rotatable bonds is 3. The number of thiocarbonyl (C=S) groups is 1. The van der Waals surface area contributed by atoms with E-state index in [0.717, 1.165) is 15.4 Å². The molecule has 1 aliphatic rings. The Bertz CT molecular complexity index is 717. The van der Waals surface area contributed by atoms with Gasteiger partial charge in [-0.1, -0.05) is 24.0 Å². The Balaban J connectivity index is 1.65. The fourth-order valence-corrected chi connectivity index (χ4v) is 4.70. The molecule has 122 valence electrons. The van der Waals surface area contributed by atoms with Crippen LogP contribution in [0.15, 0.2) is 24.5 Å². The molecule has 0 amide bonds. The van der Waals surface area contributed by atoms with Crippen molar-refractivity contribution in [2.45, 2.75) is 45.2 Å². The predicted octanol–water partition coefficient (Wildman–Crippen LogP) is 4.03. The lowest BCUT2D eigenvalue weighted by atomic mass is 9.99. The van der Waals surface area contributed by atoms with Gasteiger partial charge in [-0.15, -0.1) is 0 Å². The van der Waals surface area contributed by atoms with Crippen molar-refractivity contribution in [2.24, 2.45) is 0 Å². The van der Waals surface area contributed by atoms with Crippen molar-refractivity contribution in [3.05, 3.63) is 30.1 Å². The normalized spacial score (nSPS) is 21.6. The topological polar surface area (TPSA) is 49.0 Å². The zero-order valence-corrected chi connectivity index (χ0v) is 15.0. The van der Waals surface area contributed by atoms with Gasteiger partial charge in [-0.25, -0.2) is 4.98 Å². The largest absolute Gasteiger partial charge is 0.352 e. The molecule has 1 saturated heterocycles. The van der Waals surface area contributed by atoms with E-state index in [9.17, 15) is 4.79 Å². The van der Waals surface area contributed by atoms with Gasteiger partial charge in [0.2, 0.25) is 0 Å². The van der Waals surface area contributed by atoms with Gasteiger partial charge in [0.05, 0.1) is 5.75 Å². The molecule has 0 spiro atoms. The Hall–Kier alpha value is -1.40. The van der Waals surface area contributed by atoms with Crippen LogP contribution < -0.4 is 0 Å². The summed E-state index contributed by atoms with van der Waals surface area (Å²) < 4.78 is 0.844. The number of aromatic nitrogens is 2. The number of pyridine rings is 1. The minimum absolute atomic E-state index is 0.0916. The number of carbonyl (C=O) groups excluding carboxylic acids is 1. The molecule has 3 heterocycles. The fourth-order valence-electron chi connectivity index (χ4n) is 3.25. The Kier molecular flexibility index (Phi) is 5.02. The van der Waals surface area contributed by atoms with E-state index < -0.39 is 0 Å². The number of aromatic amines is 1. The van der Waals surface area contributed by atoms with Crippen LogP contribution in [0.1, 0.15) is 43.5 Å². The second-order valence-electron chi connectivity index (χ2n) is 6.12. The van der Waals surface area contributed by atoms with Crippen molar-refractivity contribution >= 4 is 45.1 Å². The van der Waals surface area contributed by atoms with E-state index in [4.69, 9.17) is 12.2 Å². The number of carbonyl (C=O) groups is 1. The fraction of sp³-hybridized carbons (Fsp3) is 0.471. The van der Waals surface area contributed by atoms with Crippen LogP contribution in [0.4, 0.5) is 0 Å². The Labute approximate surface area is 146 Å². The van der Waals surface area contributed by atoms with Crippen molar-refractivity contribution in [3.8, 4) is 0 Å². The second kappa shape index (κ2) is 7.01. The third-order valence-electron chi connectivity index (χ3n) is 4.48. The zero-order chi connectivity index (χ0) is 16.4. The summed E-state index contributed by atoms with van der Waals surface area (Å²) in [7, 11) is 0. The van der Waals surface area contributed by atoms with Gasteiger partial charge < -0.3 is 9.88 Å². The van der Waals surface area contributed by atoms with Crippen LogP contribution in [-0.2, 0) is 0 Å². The zero-order valence-electron chi connectivity index (χ0n) is 13.4. The minimum atomic E-state index is 0.0916. The molecule has 3 rings (SSSR count). The number of nitrogens with zero attached hydrogens (tertiary/aromatic N) is 2. The number of hydrogen-bond acceptors (Lipinski definition) is 4. The van der Waals surface area contributed by atoms with Gasteiger partial charge in [-0.2, -0.15) is 0 Å². The van der Waals surface area contributed by atoms with E-state index in [2.05, 4.69) is 28.7 Å². The first kappa shape index (κ1) is 16.5. The van der Waals surface area contributed by atoms with Crippen LogP contribution in [0.3, 0.4) is 0 Å². The molecule has 23 heavy (non-hydrogen) atoms. The maximum Gasteiger partial charge on any atom is 0.175 e. The molecule has 1 N–H and O–H groups in total. The lowest BCUT2D eigenvalue weighted by molar-refractivity contribution is 0.102. The Morgan fingerprint density at radius 3 is 2.91 bits per heavy atom. The highest BCUT2D eigenvalue weighted by atomic mass is 32.2. The summed E-state index contributed by atoms with van der Waals surface area (Å²) in [5.41, 5.74) is 1.45. The van der Waals surface area contributed by atoms with E-state index in [1.807, 2.05) is 12.1 Å². The van der Waals surface area contributed by atoms with Gasteiger partial charge in [0.25, 0.3) is 0 Å². The summed E-state index contributed by atoms with van der Waals surface area (Å²) in [6.45, 7) is 4.44. The molecular weight excluding hydrogens is 326 g/mol. The molecular formula is C17H21N3OS2. The molecule has 0 radical (unpaired) electrons. The van der Waals surface area contributed by atoms with Gasteiger partial charge in [-0.05, 0) is 45.2 Å². The van der Waals surface area contributed by atoms with E-state index >= 15 is 0 Å². The summed E-state index contributed by atoms with van der Waals surface area (Å²) in [6, 6.07) is 4.70. The van der Waals surface area contributed by atoms with Gasteiger partial charge >= 0.3 is 0 Å². The summed E-state index contributed by atoms with van der Waals surface area (Å²) in [5.74, 6) is 0.463. The number of likely N-dealkylation sites (tertiary alicyclic amines) is 1. The molecule has 1 fully saturated rings. The quantitative estimate of drug-likeness (QED) is 0.671. The highest BCUT2D eigenvalue weighted by molar-refractivity contribution is 8.23. The molecule has 0 bridgehead atoms. The van der Waals surface area contributed by atoms with Crippen LogP contribution in [-0.4, -0.2) is 42.8 Å². The van der Waals surface area contributed by atoms with Crippen LogP contribution >= 0.6 is 24.0 Å². The molecule has 0 aromatic carbocycles. The maximum atomic E-state index is 12.5. The first-order valence-corrected chi connectivity index (χ1v) is 9.37. The van der Waals surface area contributed by atoms with Gasteiger partial charge in [-0.3, -0.25) is 4.79 Å². The summed E-state index contributed by atoms with van der Waals surface area (Å²) in [4.78, 5) is 22.1. The molecule has 2 atom stereocenters. The Morgan fingerprint density at radius 2 is 2.17 bits per heavy atom. The lowest BCUT2D eigenvalue weighted by Crippen LogP contribution is -2.45. The highest BCUT2D eigenvalue weighted by Crippen LogP contribution is 2.27. The standard InChI is InChI=1S/C17H21N3OS2/c1-11-5-3-6-12(2)20(11)17(22)23-10-15(21)14-9-19-16-13(14)7-4-8-18-16/h4,7-9,11-12H,3,5-6,10H2,1-2H3,(H,18,19)/t11-,12-/m1/s1. The molecule has 6 heteroatoms. The third kappa shape index (κ3) is 3.43. The number of hydrogen-bond donors (Lipinski definition) is 1. The van der Waals surface area contributed by atoms with Crippen LogP contribution in [0.5, 0.6) is 0 Å². The van der Waals surface area contributed by atoms with E-state index in [-0.39, 0.29) is 5.78 Å². The first-order chi connectivity index (χ1) is 11.1. The average molecular weight is 348 g/mol. The monoisotopic (exact) mass is 347 g/mol. The molecule has 0 unspecified atom stereocenters. The molecule has 4 nitrogen and oxygen atoms in total. The van der Waals surface area contributed by atoms with Crippen LogP contribution in [0.25, 0.3) is 11.0 Å². The molecule has 0 saturated carbocycles. The number of thioether (sulfide) groups is 1. The van der Waals surface area contributed by atoms with Gasteiger partial charge in [0.15, 0.2) is 5.78 Å².